The maximum atomic E-state index is 12.2. The van der Waals surface area contributed by atoms with Crippen molar-refractivity contribution < 1.29 is 8.42 Å². The van der Waals surface area contributed by atoms with Gasteiger partial charge in [0.05, 0.1) is 4.90 Å². The molecule has 1 unspecified atom stereocenters. The SMILES string of the molecule is CSc1ccc(S(=O)(=O)NCC(C)c2ccccc2)cc1. The molecule has 0 heterocycles. The van der Waals surface area contributed by atoms with Crippen molar-refractivity contribution in [2.24, 2.45) is 0 Å². The first-order chi connectivity index (χ1) is 10.0. The van der Waals surface area contributed by atoms with Gasteiger partial charge in [0.1, 0.15) is 0 Å². The molecule has 112 valence electrons. The predicted octanol–water partition coefficient (Wildman–Crippen LogP) is 3.49. The maximum absolute atomic E-state index is 12.2. The summed E-state index contributed by atoms with van der Waals surface area (Å²) in [5.74, 6) is 0.131. The molecule has 2 aromatic rings. The van der Waals surface area contributed by atoms with E-state index in [0.29, 0.717) is 11.4 Å². The van der Waals surface area contributed by atoms with Crippen LogP contribution in [0.5, 0.6) is 0 Å². The molecule has 0 bridgehead atoms. The summed E-state index contributed by atoms with van der Waals surface area (Å²) in [6, 6.07) is 16.8. The lowest BCUT2D eigenvalue weighted by molar-refractivity contribution is 0.575. The van der Waals surface area contributed by atoms with Gasteiger partial charge in [-0.05, 0) is 42.0 Å². The molecular formula is C16H19NO2S2. The molecule has 0 aromatic heterocycles. The average Bonchev–Trinajstić information content (AvgIpc) is 2.53. The number of hydrogen-bond acceptors (Lipinski definition) is 3. The van der Waals surface area contributed by atoms with E-state index in [1.807, 2.05) is 55.6 Å². The van der Waals surface area contributed by atoms with Crippen LogP contribution in [-0.4, -0.2) is 21.2 Å². The summed E-state index contributed by atoms with van der Waals surface area (Å²) < 4.78 is 27.2. The molecule has 21 heavy (non-hydrogen) atoms. The van der Waals surface area contributed by atoms with Gasteiger partial charge in [-0.15, -0.1) is 11.8 Å². The first-order valence-corrected chi connectivity index (χ1v) is 9.42. The second-order valence-corrected chi connectivity index (χ2v) is 7.49. The van der Waals surface area contributed by atoms with Crippen LogP contribution in [0.1, 0.15) is 18.4 Å². The Morgan fingerprint density at radius 2 is 1.67 bits per heavy atom. The predicted molar refractivity (Wildman–Crippen MR) is 88.3 cm³/mol. The third-order valence-electron chi connectivity index (χ3n) is 3.32. The summed E-state index contributed by atoms with van der Waals surface area (Å²) in [7, 11) is -3.45. The van der Waals surface area contributed by atoms with Gasteiger partial charge in [0, 0.05) is 11.4 Å². The Labute approximate surface area is 130 Å². The zero-order valence-corrected chi connectivity index (χ0v) is 13.7. The molecule has 3 nitrogen and oxygen atoms in total. The average molecular weight is 321 g/mol. The van der Waals surface area contributed by atoms with Crippen LogP contribution in [0.3, 0.4) is 0 Å². The summed E-state index contributed by atoms with van der Waals surface area (Å²) >= 11 is 1.59. The van der Waals surface area contributed by atoms with E-state index in [9.17, 15) is 8.42 Å². The monoisotopic (exact) mass is 321 g/mol. The molecule has 0 aliphatic heterocycles. The molecule has 0 amide bonds. The molecule has 0 aliphatic carbocycles. The number of hydrogen-bond donors (Lipinski definition) is 1. The quantitative estimate of drug-likeness (QED) is 0.829. The summed E-state index contributed by atoms with van der Waals surface area (Å²) in [5.41, 5.74) is 1.12. The van der Waals surface area contributed by atoms with E-state index in [0.717, 1.165) is 10.5 Å². The van der Waals surface area contributed by atoms with Gasteiger partial charge in [0.15, 0.2) is 0 Å². The van der Waals surface area contributed by atoms with Crippen LogP contribution in [0.25, 0.3) is 0 Å². The fraction of sp³-hybridized carbons (Fsp3) is 0.250. The van der Waals surface area contributed by atoms with Gasteiger partial charge in [-0.1, -0.05) is 37.3 Å². The van der Waals surface area contributed by atoms with Crippen LogP contribution in [0.15, 0.2) is 64.4 Å². The molecule has 0 fully saturated rings. The normalized spacial score (nSPS) is 13.0. The molecule has 0 radical (unpaired) electrons. The Balaban J connectivity index is 2.04. The van der Waals surface area contributed by atoms with Crippen molar-refractivity contribution in [2.75, 3.05) is 12.8 Å². The van der Waals surface area contributed by atoms with Crippen LogP contribution >= 0.6 is 11.8 Å². The molecule has 2 aromatic carbocycles. The van der Waals surface area contributed by atoms with E-state index in [4.69, 9.17) is 0 Å². The van der Waals surface area contributed by atoms with Crippen molar-refractivity contribution in [3.63, 3.8) is 0 Å². The van der Waals surface area contributed by atoms with Gasteiger partial charge in [-0.3, -0.25) is 0 Å². The Morgan fingerprint density at radius 3 is 2.24 bits per heavy atom. The zero-order chi connectivity index (χ0) is 15.3. The smallest absolute Gasteiger partial charge is 0.211 e. The number of benzene rings is 2. The van der Waals surface area contributed by atoms with Gasteiger partial charge >= 0.3 is 0 Å². The van der Waals surface area contributed by atoms with Crippen LogP contribution < -0.4 is 4.72 Å². The topological polar surface area (TPSA) is 46.2 Å². The van der Waals surface area contributed by atoms with Crippen LogP contribution in [0, 0.1) is 0 Å². The minimum absolute atomic E-state index is 0.131. The lowest BCUT2D eigenvalue weighted by Crippen LogP contribution is -2.27. The molecule has 0 saturated carbocycles. The molecule has 0 saturated heterocycles. The third-order valence-corrected chi connectivity index (χ3v) is 5.50. The van der Waals surface area contributed by atoms with Gasteiger partial charge in [0.2, 0.25) is 10.0 Å². The molecule has 0 aliphatic rings. The molecule has 2 rings (SSSR count). The first-order valence-electron chi connectivity index (χ1n) is 6.71. The molecule has 1 atom stereocenters. The standard InChI is InChI=1S/C16H19NO2S2/c1-13(14-6-4-3-5-7-14)12-17-21(18,19)16-10-8-15(20-2)9-11-16/h3-11,13,17H,12H2,1-2H3. The maximum Gasteiger partial charge on any atom is 0.240 e. The Morgan fingerprint density at radius 1 is 1.05 bits per heavy atom. The Bertz CT molecular complexity index is 667. The van der Waals surface area contributed by atoms with Crippen LogP contribution in [-0.2, 0) is 10.0 Å². The highest BCUT2D eigenvalue weighted by molar-refractivity contribution is 7.98. The van der Waals surface area contributed by atoms with Crippen molar-refractivity contribution >= 4 is 21.8 Å². The zero-order valence-electron chi connectivity index (χ0n) is 12.1. The van der Waals surface area contributed by atoms with Crippen molar-refractivity contribution in [2.45, 2.75) is 22.6 Å². The summed E-state index contributed by atoms with van der Waals surface area (Å²) in [6.45, 7) is 2.39. The van der Waals surface area contributed by atoms with Gasteiger partial charge in [-0.25, -0.2) is 13.1 Å². The summed E-state index contributed by atoms with van der Waals surface area (Å²) in [5, 5.41) is 0. The fourth-order valence-electron chi connectivity index (χ4n) is 1.97. The highest BCUT2D eigenvalue weighted by Crippen LogP contribution is 2.18. The van der Waals surface area contributed by atoms with Crippen molar-refractivity contribution in [1.29, 1.82) is 0 Å². The first kappa shape index (κ1) is 16.1. The van der Waals surface area contributed by atoms with Crippen LogP contribution in [0.2, 0.25) is 0 Å². The lowest BCUT2D eigenvalue weighted by atomic mass is 10.0. The van der Waals surface area contributed by atoms with Crippen molar-refractivity contribution in [3.8, 4) is 0 Å². The minimum atomic E-state index is -3.45. The van der Waals surface area contributed by atoms with E-state index in [2.05, 4.69) is 4.72 Å². The second kappa shape index (κ2) is 7.11. The fourth-order valence-corrected chi connectivity index (χ4v) is 3.51. The second-order valence-electron chi connectivity index (χ2n) is 4.84. The molecule has 5 heteroatoms. The van der Waals surface area contributed by atoms with Gasteiger partial charge in [-0.2, -0.15) is 0 Å². The Hall–Kier alpha value is -1.30. The van der Waals surface area contributed by atoms with E-state index >= 15 is 0 Å². The number of nitrogens with one attached hydrogen (secondary N) is 1. The van der Waals surface area contributed by atoms with Gasteiger partial charge < -0.3 is 0 Å². The lowest BCUT2D eigenvalue weighted by Gasteiger charge is -2.13. The minimum Gasteiger partial charge on any atom is -0.211 e. The number of rotatable bonds is 6. The van der Waals surface area contributed by atoms with E-state index in [-0.39, 0.29) is 5.92 Å². The van der Waals surface area contributed by atoms with Gasteiger partial charge in [0.25, 0.3) is 0 Å². The van der Waals surface area contributed by atoms with E-state index < -0.39 is 10.0 Å². The summed E-state index contributed by atoms with van der Waals surface area (Å²) in [6.07, 6.45) is 1.96. The third kappa shape index (κ3) is 4.33. The molecular weight excluding hydrogens is 302 g/mol. The highest BCUT2D eigenvalue weighted by Gasteiger charge is 2.15. The van der Waals surface area contributed by atoms with E-state index in [1.165, 1.54) is 0 Å². The largest absolute Gasteiger partial charge is 0.240 e. The van der Waals surface area contributed by atoms with E-state index in [1.54, 1.807) is 23.9 Å². The summed E-state index contributed by atoms with van der Waals surface area (Å²) in [4.78, 5) is 1.35. The molecule has 1 N–H and O–H groups in total. The highest BCUT2D eigenvalue weighted by atomic mass is 32.2. The van der Waals surface area contributed by atoms with Crippen molar-refractivity contribution in [1.82, 2.24) is 4.72 Å². The van der Waals surface area contributed by atoms with Crippen molar-refractivity contribution in [3.05, 3.63) is 60.2 Å². The van der Waals surface area contributed by atoms with Crippen LogP contribution in [0.4, 0.5) is 0 Å². The number of sulfonamides is 1. The number of thioether (sulfide) groups is 1. The molecule has 0 spiro atoms. The Kier molecular flexibility index (Phi) is 5.45.